The number of aromatic nitrogens is 3. The average molecular weight is 319 g/mol. The van der Waals surface area contributed by atoms with Crippen LogP contribution < -0.4 is 0 Å². The van der Waals surface area contributed by atoms with Crippen LogP contribution in [0.15, 0.2) is 6.20 Å². The lowest BCUT2D eigenvalue weighted by molar-refractivity contribution is -0.143. The molecule has 7 heteroatoms. The fourth-order valence-corrected chi connectivity index (χ4v) is 4.13. The molecule has 0 unspecified atom stereocenters. The molecule has 0 saturated carbocycles. The van der Waals surface area contributed by atoms with Gasteiger partial charge in [0.05, 0.1) is 30.6 Å². The summed E-state index contributed by atoms with van der Waals surface area (Å²) in [5, 5.41) is 8.21. The van der Waals surface area contributed by atoms with E-state index in [1.165, 1.54) is 0 Å². The Morgan fingerprint density at radius 1 is 1.30 bits per heavy atom. The van der Waals surface area contributed by atoms with Gasteiger partial charge < -0.3 is 14.5 Å². The molecule has 0 N–H and O–H groups in total. The zero-order valence-corrected chi connectivity index (χ0v) is 13.7. The fourth-order valence-electron chi connectivity index (χ4n) is 4.13. The number of likely N-dealkylation sites (tertiary alicyclic amines) is 2. The minimum Gasteiger partial charge on any atom is -0.370 e. The highest BCUT2D eigenvalue weighted by molar-refractivity contribution is 5.79. The summed E-state index contributed by atoms with van der Waals surface area (Å²) in [6.45, 7) is 7.45. The molecule has 4 rings (SSSR count). The minimum absolute atomic E-state index is 0.120. The summed E-state index contributed by atoms with van der Waals surface area (Å²) in [4.78, 5) is 17.4. The summed E-state index contributed by atoms with van der Waals surface area (Å²) in [6.07, 6.45) is 4.79. The van der Waals surface area contributed by atoms with Gasteiger partial charge in [-0.15, -0.1) is 5.10 Å². The second kappa shape index (κ2) is 6.20. The molecular formula is C16H25N5O2. The van der Waals surface area contributed by atoms with E-state index >= 15 is 0 Å². The number of ether oxygens (including phenoxy) is 1. The van der Waals surface area contributed by atoms with Crippen LogP contribution in [0.25, 0.3) is 0 Å². The van der Waals surface area contributed by atoms with Gasteiger partial charge in [-0.1, -0.05) is 12.1 Å². The molecule has 1 aromatic heterocycles. The molecule has 23 heavy (non-hydrogen) atoms. The first kappa shape index (κ1) is 15.1. The van der Waals surface area contributed by atoms with E-state index in [1.807, 2.05) is 9.58 Å². The SMILES string of the molecule is CCN1CCC(C(=O)N2CC[C@@H]3OCc4cnnn4[C@@H]3C2)CC1. The highest BCUT2D eigenvalue weighted by Gasteiger charge is 2.39. The van der Waals surface area contributed by atoms with Crippen LogP contribution in [-0.4, -0.2) is 69.5 Å². The Morgan fingerprint density at radius 2 is 2.13 bits per heavy atom. The van der Waals surface area contributed by atoms with Crippen molar-refractivity contribution in [3.05, 3.63) is 11.9 Å². The first-order valence-corrected chi connectivity index (χ1v) is 8.78. The van der Waals surface area contributed by atoms with Gasteiger partial charge in [-0.3, -0.25) is 4.79 Å². The van der Waals surface area contributed by atoms with Crippen molar-refractivity contribution in [1.82, 2.24) is 24.8 Å². The third-order valence-corrected chi connectivity index (χ3v) is 5.62. The van der Waals surface area contributed by atoms with Crippen LogP contribution in [0.1, 0.15) is 37.9 Å². The molecule has 3 aliphatic heterocycles. The molecule has 1 amide bonds. The van der Waals surface area contributed by atoms with E-state index in [-0.39, 0.29) is 18.1 Å². The maximum atomic E-state index is 12.9. The highest BCUT2D eigenvalue weighted by atomic mass is 16.5. The number of carbonyl (C=O) groups is 1. The Kier molecular flexibility index (Phi) is 4.07. The van der Waals surface area contributed by atoms with Crippen LogP contribution in [0.3, 0.4) is 0 Å². The second-order valence-corrected chi connectivity index (χ2v) is 6.87. The summed E-state index contributed by atoms with van der Waals surface area (Å²) in [6, 6.07) is 0.120. The van der Waals surface area contributed by atoms with Crippen LogP contribution in [0.5, 0.6) is 0 Å². The molecule has 2 fully saturated rings. The molecule has 3 aliphatic rings. The third kappa shape index (κ3) is 2.76. The molecule has 0 aromatic carbocycles. The molecule has 0 spiro atoms. The first-order chi connectivity index (χ1) is 11.3. The van der Waals surface area contributed by atoms with Crippen molar-refractivity contribution >= 4 is 5.91 Å². The van der Waals surface area contributed by atoms with Crippen molar-refractivity contribution in [3.63, 3.8) is 0 Å². The molecule has 2 saturated heterocycles. The number of nitrogens with zero attached hydrogens (tertiary/aromatic N) is 5. The number of hydrogen-bond donors (Lipinski definition) is 0. The van der Waals surface area contributed by atoms with Gasteiger partial charge in [-0.2, -0.15) is 0 Å². The zero-order chi connectivity index (χ0) is 15.8. The third-order valence-electron chi connectivity index (χ3n) is 5.62. The number of carbonyl (C=O) groups excluding carboxylic acids is 1. The van der Waals surface area contributed by atoms with Crippen LogP contribution >= 0.6 is 0 Å². The smallest absolute Gasteiger partial charge is 0.225 e. The zero-order valence-electron chi connectivity index (χ0n) is 13.7. The van der Waals surface area contributed by atoms with Gasteiger partial charge in [0.1, 0.15) is 0 Å². The molecule has 0 aliphatic carbocycles. The summed E-state index contributed by atoms with van der Waals surface area (Å²) in [5.74, 6) is 0.514. The van der Waals surface area contributed by atoms with E-state index in [4.69, 9.17) is 4.74 Å². The number of hydrogen-bond acceptors (Lipinski definition) is 5. The standard InChI is InChI=1S/C16H25N5O2/c1-2-19-6-3-12(4-7-19)16(22)20-8-5-15-14(10-20)21-13(11-23-15)9-17-18-21/h9,12,14-15H,2-8,10-11H2,1H3/t14-,15+/m1/s1. The number of fused-ring (bicyclic) bond motifs is 3. The van der Waals surface area contributed by atoms with Gasteiger partial charge in [0.25, 0.3) is 0 Å². The second-order valence-electron chi connectivity index (χ2n) is 6.87. The van der Waals surface area contributed by atoms with Crippen LogP contribution in [0.2, 0.25) is 0 Å². The normalized spacial score (nSPS) is 29.2. The van der Waals surface area contributed by atoms with Crippen molar-refractivity contribution in [2.75, 3.05) is 32.7 Å². The Labute approximate surface area is 136 Å². The Balaban J connectivity index is 1.42. The lowest BCUT2D eigenvalue weighted by atomic mass is 9.93. The number of amides is 1. The van der Waals surface area contributed by atoms with Crippen LogP contribution in [-0.2, 0) is 16.1 Å². The molecule has 7 nitrogen and oxygen atoms in total. The summed E-state index contributed by atoms with van der Waals surface area (Å²) >= 11 is 0. The van der Waals surface area contributed by atoms with E-state index in [0.29, 0.717) is 19.1 Å². The van der Waals surface area contributed by atoms with Gasteiger partial charge >= 0.3 is 0 Å². The largest absolute Gasteiger partial charge is 0.370 e. The Morgan fingerprint density at radius 3 is 2.91 bits per heavy atom. The molecule has 2 atom stereocenters. The quantitative estimate of drug-likeness (QED) is 0.802. The number of piperidine rings is 2. The predicted octanol–water partition coefficient (Wildman–Crippen LogP) is 0.682. The van der Waals surface area contributed by atoms with Gasteiger partial charge in [-0.25, -0.2) is 4.68 Å². The summed E-state index contributed by atoms with van der Waals surface area (Å²) in [7, 11) is 0. The van der Waals surface area contributed by atoms with Crippen molar-refractivity contribution in [2.45, 2.75) is 44.9 Å². The van der Waals surface area contributed by atoms with E-state index in [0.717, 1.165) is 51.1 Å². The molecule has 0 radical (unpaired) electrons. The lowest BCUT2D eigenvalue weighted by Gasteiger charge is -2.42. The molecule has 4 heterocycles. The van der Waals surface area contributed by atoms with Crippen LogP contribution in [0, 0.1) is 5.92 Å². The van der Waals surface area contributed by atoms with E-state index in [9.17, 15) is 4.79 Å². The minimum atomic E-state index is 0.120. The Bertz CT molecular complexity index is 567. The van der Waals surface area contributed by atoms with Gasteiger partial charge in [0.15, 0.2) is 0 Å². The van der Waals surface area contributed by atoms with E-state index in [1.54, 1.807) is 6.20 Å². The maximum absolute atomic E-state index is 12.9. The lowest BCUT2D eigenvalue weighted by Crippen LogP contribution is -2.52. The monoisotopic (exact) mass is 319 g/mol. The molecule has 126 valence electrons. The van der Waals surface area contributed by atoms with Crippen molar-refractivity contribution in [1.29, 1.82) is 0 Å². The fraction of sp³-hybridized carbons (Fsp3) is 0.812. The topological polar surface area (TPSA) is 63.5 Å². The first-order valence-electron chi connectivity index (χ1n) is 8.78. The predicted molar refractivity (Wildman–Crippen MR) is 83.7 cm³/mol. The molecule has 1 aromatic rings. The van der Waals surface area contributed by atoms with E-state index in [2.05, 4.69) is 22.1 Å². The molecular weight excluding hydrogens is 294 g/mol. The van der Waals surface area contributed by atoms with Crippen molar-refractivity contribution < 1.29 is 9.53 Å². The van der Waals surface area contributed by atoms with Gasteiger partial charge in [0.2, 0.25) is 5.91 Å². The summed E-state index contributed by atoms with van der Waals surface area (Å²) < 4.78 is 7.89. The van der Waals surface area contributed by atoms with Crippen molar-refractivity contribution in [2.24, 2.45) is 5.92 Å². The maximum Gasteiger partial charge on any atom is 0.225 e. The van der Waals surface area contributed by atoms with Crippen molar-refractivity contribution in [3.8, 4) is 0 Å². The summed E-state index contributed by atoms with van der Waals surface area (Å²) in [5.41, 5.74) is 1.01. The average Bonchev–Trinajstić information content (AvgIpc) is 3.10. The molecule has 0 bridgehead atoms. The highest BCUT2D eigenvalue weighted by Crippen LogP contribution is 2.31. The Hall–Kier alpha value is -1.47. The van der Waals surface area contributed by atoms with Gasteiger partial charge in [0, 0.05) is 19.0 Å². The van der Waals surface area contributed by atoms with Gasteiger partial charge in [-0.05, 0) is 38.9 Å². The number of rotatable bonds is 2. The van der Waals surface area contributed by atoms with Crippen LogP contribution in [0.4, 0.5) is 0 Å². The van der Waals surface area contributed by atoms with E-state index < -0.39 is 0 Å².